The minimum absolute atomic E-state index is 0.378. The maximum atomic E-state index is 12.4. The van der Waals surface area contributed by atoms with Gasteiger partial charge in [-0.05, 0) is 48.5 Å². The van der Waals surface area contributed by atoms with Crippen molar-refractivity contribution in [1.82, 2.24) is 0 Å². The number of benzene rings is 2. The van der Waals surface area contributed by atoms with E-state index in [9.17, 15) is 9.59 Å². The van der Waals surface area contributed by atoms with Crippen molar-refractivity contribution in [2.24, 2.45) is 0 Å². The number of hydrogen-bond acceptors (Lipinski definition) is 4. The standard InChI is InChI=1S/C17H20N4O2/c1-12(22)21(16-8-4-13(18)5-9-16)17(23)19-14-6-10-15(11-7-14)20(2)3/h4-11H,18H2,1-3H3,(H,19,23). The maximum Gasteiger partial charge on any atom is 0.333 e. The van der Waals surface area contributed by atoms with Gasteiger partial charge in [0.2, 0.25) is 5.91 Å². The number of nitrogens with two attached hydrogens (primary N) is 1. The molecule has 2 aromatic carbocycles. The van der Waals surface area contributed by atoms with E-state index in [0.29, 0.717) is 17.1 Å². The summed E-state index contributed by atoms with van der Waals surface area (Å²) in [5, 5.41) is 2.72. The van der Waals surface area contributed by atoms with Gasteiger partial charge in [-0.25, -0.2) is 9.69 Å². The first-order valence-corrected chi connectivity index (χ1v) is 7.13. The number of nitrogens with zero attached hydrogens (tertiary/aromatic N) is 2. The van der Waals surface area contributed by atoms with E-state index in [1.807, 2.05) is 31.1 Å². The van der Waals surface area contributed by atoms with Gasteiger partial charge >= 0.3 is 6.03 Å². The van der Waals surface area contributed by atoms with Gasteiger partial charge in [0.15, 0.2) is 0 Å². The molecule has 3 N–H and O–H groups in total. The number of nitrogens with one attached hydrogen (secondary N) is 1. The third-order valence-corrected chi connectivity index (χ3v) is 3.30. The summed E-state index contributed by atoms with van der Waals surface area (Å²) in [6.07, 6.45) is 0. The van der Waals surface area contributed by atoms with Gasteiger partial charge in [0, 0.05) is 38.1 Å². The SMILES string of the molecule is CC(=O)N(C(=O)Nc1ccc(N(C)C)cc1)c1ccc(N)cc1. The summed E-state index contributed by atoms with van der Waals surface area (Å²) in [4.78, 5) is 27.3. The lowest BCUT2D eigenvalue weighted by Crippen LogP contribution is -2.38. The highest BCUT2D eigenvalue weighted by Gasteiger charge is 2.20. The highest BCUT2D eigenvalue weighted by atomic mass is 16.2. The van der Waals surface area contributed by atoms with Crippen LogP contribution in [0.5, 0.6) is 0 Å². The van der Waals surface area contributed by atoms with Crippen LogP contribution in [-0.2, 0) is 4.79 Å². The lowest BCUT2D eigenvalue weighted by atomic mass is 10.2. The van der Waals surface area contributed by atoms with E-state index in [2.05, 4.69) is 5.32 Å². The van der Waals surface area contributed by atoms with Gasteiger partial charge in [-0.3, -0.25) is 4.79 Å². The van der Waals surface area contributed by atoms with Crippen molar-refractivity contribution in [3.8, 4) is 0 Å². The van der Waals surface area contributed by atoms with Crippen molar-refractivity contribution in [3.63, 3.8) is 0 Å². The first-order chi connectivity index (χ1) is 10.9. The first kappa shape index (κ1) is 16.4. The number of rotatable bonds is 3. The van der Waals surface area contributed by atoms with E-state index in [0.717, 1.165) is 10.6 Å². The van der Waals surface area contributed by atoms with E-state index in [4.69, 9.17) is 5.73 Å². The van der Waals surface area contributed by atoms with Gasteiger partial charge in [0.1, 0.15) is 0 Å². The van der Waals surface area contributed by atoms with Crippen LogP contribution in [0.4, 0.5) is 27.5 Å². The number of carbonyl (C=O) groups excluding carboxylic acids is 2. The first-order valence-electron chi connectivity index (χ1n) is 7.13. The van der Waals surface area contributed by atoms with Crippen LogP contribution in [0.25, 0.3) is 0 Å². The quantitative estimate of drug-likeness (QED) is 0.854. The summed E-state index contributed by atoms with van der Waals surface area (Å²) < 4.78 is 0. The minimum Gasteiger partial charge on any atom is -0.399 e. The molecule has 2 aromatic rings. The van der Waals surface area contributed by atoms with Crippen LogP contribution in [0.3, 0.4) is 0 Å². The predicted octanol–water partition coefficient (Wildman–Crippen LogP) is 2.92. The molecule has 0 aliphatic heterocycles. The molecule has 6 heteroatoms. The molecule has 0 radical (unpaired) electrons. The number of carbonyl (C=O) groups is 2. The summed E-state index contributed by atoms with van der Waals surface area (Å²) >= 11 is 0. The molecule has 0 saturated heterocycles. The van der Waals surface area contributed by atoms with Gasteiger partial charge in [0.05, 0.1) is 5.69 Å². The van der Waals surface area contributed by atoms with Crippen LogP contribution < -0.4 is 20.9 Å². The molecular formula is C17H20N4O2. The lowest BCUT2D eigenvalue weighted by molar-refractivity contribution is -0.115. The average molecular weight is 312 g/mol. The van der Waals surface area contributed by atoms with Crippen molar-refractivity contribution in [3.05, 3.63) is 48.5 Å². The Morgan fingerprint density at radius 1 is 0.913 bits per heavy atom. The number of nitrogen functional groups attached to an aromatic ring is 1. The monoisotopic (exact) mass is 312 g/mol. The highest BCUT2D eigenvalue weighted by molar-refractivity contribution is 6.17. The van der Waals surface area contributed by atoms with Crippen molar-refractivity contribution >= 4 is 34.7 Å². The van der Waals surface area contributed by atoms with Crippen LogP contribution in [0.2, 0.25) is 0 Å². The van der Waals surface area contributed by atoms with Gasteiger partial charge in [-0.1, -0.05) is 0 Å². The van der Waals surface area contributed by atoms with Crippen LogP contribution in [-0.4, -0.2) is 26.0 Å². The minimum atomic E-state index is -0.514. The summed E-state index contributed by atoms with van der Waals surface area (Å²) in [6, 6.07) is 13.4. The zero-order valence-corrected chi connectivity index (χ0v) is 13.4. The van der Waals surface area contributed by atoms with E-state index < -0.39 is 6.03 Å². The molecular weight excluding hydrogens is 292 g/mol. The van der Waals surface area contributed by atoms with E-state index >= 15 is 0 Å². The molecule has 0 saturated carbocycles. The van der Waals surface area contributed by atoms with E-state index in [1.54, 1.807) is 36.4 Å². The third kappa shape index (κ3) is 4.00. The second kappa shape index (κ2) is 6.83. The second-order valence-corrected chi connectivity index (χ2v) is 5.32. The van der Waals surface area contributed by atoms with Gasteiger partial charge < -0.3 is 16.0 Å². The van der Waals surface area contributed by atoms with Gasteiger partial charge in [-0.2, -0.15) is 0 Å². The smallest absolute Gasteiger partial charge is 0.333 e. The summed E-state index contributed by atoms with van der Waals surface area (Å²) in [5.74, 6) is -0.378. The molecule has 2 rings (SSSR count). The van der Waals surface area contributed by atoms with Crippen molar-refractivity contribution in [2.75, 3.05) is 34.9 Å². The van der Waals surface area contributed by atoms with E-state index in [1.165, 1.54) is 6.92 Å². The summed E-state index contributed by atoms with van der Waals surface area (Å²) in [5.41, 5.74) is 8.30. The maximum absolute atomic E-state index is 12.4. The molecule has 23 heavy (non-hydrogen) atoms. The molecule has 3 amide bonds. The number of hydrogen-bond donors (Lipinski definition) is 2. The molecule has 6 nitrogen and oxygen atoms in total. The topological polar surface area (TPSA) is 78.7 Å². The molecule has 0 fully saturated rings. The summed E-state index contributed by atoms with van der Waals surface area (Å²) in [6.45, 7) is 1.34. The van der Waals surface area contributed by atoms with Crippen LogP contribution >= 0.6 is 0 Å². The normalized spacial score (nSPS) is 10.0. The van der Waals surface area contributed by atoms with E-state index in [-0.39, 0.29) is 5.91 Å². The Balaban J connectivity index is 2.18. The zero-order valence-electron chi connectivity index (χ0n) is 13.4. The van der Waals surface area contributed by atoms with Crippen LogP contribution in [0.1, 0.15) is 6.92 Å². The largest absolute Gasteiger partial charge is 0.399 e. The lowest BCUT2D eigenvalue weighted by Gasteiger charge is -2.20. The third-order valence-electron chi connectivity index (χ3n) is 3.30. The fourth-order valence-electron chi connectivity index (χ4n) is 2.09. The molecule has 120 valence electrons. The summed E-state index contributed by atoms with van der Waals surface area (Å²) in [7, 11) is 3.87. The fourth-order valence-corrected chi connectivity index (χ4v) is 2.09. The number of urea groups is 1. The Kier molecular flexibility index (Phi) is 4.85. The zero-order chi connectivity index (χ0) is 17.0. The molecule has 0 bridgehead atoms. The number of amides is 3. The fraction of sp³-hybridized carbons (Fsp3) is 0.176. The Morgan fingerprint density at radius 2 is 1.43 bits per heavy atom. The Morgan fingerprint density at radius 3 is 1.91 bits per heavy atom. The average Bonchev–Trinajstić information content (AvgIpc) is 2.49. The molecule has 0 atom stereocenters. The predicted molar refractivity (Wildman–Crippen MR) is 93.8 cm³/mol. The number of anilines is 4. The Hall–Kier alpha value is -3.02. The molecule has 0 aliphatic carbocycles. The van der Waals surface area contributed by atoms with Crippen molar-refractivity contribution in [2.45, 2.75) is 6.92 Å². The number of imide groups is 1. The molecule has 0 spiro atoms. The van der Waals surface area contributed by atoms with Gasteiger partial charge in [-0.15, -0.1) is 0 Å². The van der Waals surface area contributed by atoms with Crippen LogP contribution in [0, 0.1) is 0 Å². The highest BCUT2D eigenvalue weighted by Crippen LogP contribution is 2.20. The Bertz CT molecular complexity index is 694. The van der Waals surface area contributed by atoms with Crippen LogP contribution in [0.15, 0.2) is 48.5 Å². The van der Waals surface area contributed by atoms with Gasteiger partial charge in [0.25, 0.3) is 0 Å². The van der Waals surface area contributed by atoms with Crippen molar-refractivity contribution in [1.29, 1.82) is 0 Å². The Labute approximate surface area is 135 Å². The second-order valence-electron chi connectivity index (χ2n) is 5.32. The molecule has 0 unspecified atom stereocenters. The molecule has 0 heterocycles. The molecule has 0 aromatic heterocycles. The molecule has 0 aliphatic rings. The van der Waals surface area contributed by atoms with Crippen molar-refractivity contribution < 1.29 is 9.59 Å².